The normalized spacial score (nSPS) is 20.5. The van der Waals surface area contributed by atoms with Gasteiger partial charge in [-0.05, 0) is 96.5 Å². The predicted octanol–water partition coefficient (Wildman–Crippen LogP) is 16.8. The van der Waals surface area contributed by atoms with E-state index in [-0.39, 0.29) is 0 Å². The molecule has 2 aliphatic rings. The van der Waals surface area contributed by atoms with Crippen molar-refractivity contribution in [3.63, 3.8) is 0 Å². The summed E-state index contributed by atoms with van der Waals surface area (Å²) in [6.07, 6.45) is -1.44. The van der Waals surface area contributed by atoms with Gasteiger partial charge in [0.15, 0.2) is 0 Å². The second-order valence-corrected chi connectivity index (χ2v) is 26.1. The minimum absolute atomic E-state index is 0.401. The molecule has 0 unspecified atom stereocenters. The van der Waals surface area contributed by atoms with E-state index in [1.54, 1.807) is 0 Å². The lowest BCUT2D eigenvalue weighted by molar-refractivity contribution is 0.150. The van der Waals surface area contributed by atoms with Gasteiger partial charge in [0.25, 0.3) is 0 Å². The Kier molecular flexibility index (Phi) is 14.8. The largest absolute Gasteiger partial charge is 0.331 e. The average Bonchev–Trinajstić information content (AvgIpc) is 3.73. The van der Waals surface area contributed by atoms with Gasteiger partial charge in [-0.25, -0.2) is 0 Å². The van der Waals surface area contributed by atoms with Gasteiger partial charge in [-0.1, -0.05) is 224 Å². The van der Waals surface area contributed by atoms with Crippen LogP contribution in [0.3, 0.4) is 0 Å². The van der Waals surface area contributed by atoms with E-state index in [0.717, 1.165) is 65.3 Å². The lowest BCUT2D eigenvalue weighted by atomic mass is 9.82. The van der Waals surface area contributed by atoms with Crippen LogP contribution in [0.15, 0.2) is 176 Å². The van der Waals surface area contributed by atoms with Crippen molar-refractivity contribution in [1.82, 2.24) is 0 Å². The van der Waals surface area contributed by atoms with Crippen molar-refractivity contribution < 1.29 is 9.05 Å². The Hall–Kier alpha value is -2.06. The third-order valence-electron chi connectivity index (χ3n) is 11.6. The molecule has 0 amide bonds. The van der Waals surface area contributed by atoms with E-state index < -0.39 is 23.7 Å². The van der Waals surface area contributed by atoms with Gasteiger partial charge in [0.2, 0.25) is 0 Å². The molecule has 0 N–H and O–H groups in total. The van der Waals surface area contributed by atoms with Crippen LogP contribution in [-0.2, 0) is 32.7 Å². The Balaban J connectivity index is 0.000000181. The minimum Gasteiger partial charge on any atom is -0.331 e. The summed E-state index contributed by atoms with van der Waals surface area (Å²) in [6, 6.07) is 54.9. The number of benzene rings is 6. The molecular formula is C50H46Br4O2P2S2. The van der Waals surface area contributed by atoms with Crippen LogP contribution in [-0.4, -0.2) is 11.2 Å². The maximum atomic E-state index is 7.04. The summed E-state index contributed by atoms with van der Waals surface area (Å²) in [6.45, 7) is 8.82. The molecule has 0 fully saturated rings. The molecule has 308 valence electrons. The summed E-state index contributed by atoms with van der Waals surface area (Å²) >= 11 is 27.2. The molecule has 6 aromatic rings. The van der Waals surface area contributed by atoms with Crippen LogP contribution in [0.25, 0.3) is 21.8 Å². The van der Waals surface area contributed by atoms with Gasteiger partial charge in [-0.2, -0.15) is 0 Å². The van der Waals surface area contributed by atoms with E-state index in [1.807, 2.05) is 12.1 Å². The van der Waals surface area contributed by atoms with Gasteiger partial charge in [0, 0.05) is 50.3 Å². The van der Waals surface area contributed by atoms with Crippen LogP contribution in [0.4, 0.5) is 0 Å². The average molecular weight is 1120 g/mol. The maximum absolute atomic E-state index is 7.04. The molecule has 6 aromatic carbocycles. The smallest absolute Gasteiger partial charge is 0.125 e. The number of rotatable bonds is 10. The molecular weight excluding hydrogens is 1080 g/mol. The van der Waals surface area contributed by atoms with E-state index in [9.17, 15) is 0 Å². The topological polar surface area (TPSA) is 18.5 Å². The summed E-state index contributed by atoms with van der Waals surface area (Å²) in [5.41, 5.74) is 6.34. The van der Waals surface area contributed by atoms with Crippen LogP contribution >= 0.6 is 76.2 Å². The van der Waals surface area contributed by atoms with Crippen molar-refractivity contribution in [1.29, 1.82) is 0 Å². The molecule has 0 aliphatic carbocycles. The Morgan fingerprint density at radius 2 is 0.633 bits per heavy atom. The fourth-order valence-corrected chi connectivity index (χ4v) is 18.1. The zero-order valence-electron chi connectivity index (χ0n) is 33.9. The second-order valence-electron chi connectivity index (χ2n) is 14.8. The molecule has 2 atom stereocenters. The molecule has 0 saturated heterocycles. The van der Waals surface area contributed by atoms with Crippen molar-refractivity contribution in [3.8, 4) is 0 Å². The van der Waals surface area contributed by atoms with Crippen LogP contribution in [0.5, 0.6) is 0 Å². The van der Waals surface area contributed by atoms with Gasteiger partial charge in [-0.3, -0.25) is 0 Å². The first-order valence-corrected chi connectivity index (χ1v) is 28.8. The van der Waals surface area contributed by atoms with Crippen LogP contribution in [0, 0.1) is 0 Å². The van der Waals surface area contributed by atoms with Gasteiger partial charge in [0.05, 0.1) is 11.2 Å². The molecule has 0 aromatic heterocycles. The van der Waals surface area contributed by atoms with Crippen LogP contribution in [0.1, 0.15) is 75.6 Å². The lowest BCUT2D eigenvalue weighted by Gasteiger charge is -2.31. The molecule has 60 heavy (non-hydrogen) atoms. The van der Waals surface area contributed by atoms with E-state index in [0.29, 0.717) is 0 Å². The van der Waals surface area contributed by atoms with Crippen molar-refractivity contribution in [2.75, 3.05) is 0 Å². The quantitative estimate of drug-likeness (QED) is 0.127. The van der Waals surface area contributed by atoms with Crippen molar-refractivity contribution >= 4 is 132 Å². The molecule has 0 spiro atoms. The number of hydrogen-bond acceptors (Lipinski definition) is 4. The lowest BCUT2D eigenvalue weighted by Crippen LogP contribution is -2.28. The standard InChI is InChI=1S/2C25H23Br2OPS/c2*1-3-25(4-2)23(18-10-14-20(26)15-11-18)24(19-12-16-21(27)17-13-19)29(30,28-25)22-8-6-5-7-9-22/h2*5-17H,3-4H2,1-2H3/t2*29-/m10/s1. The highest BCUT2D eigenvalue weighted by atomic mass is 79.9. The molecule has 8 rings (SSSR count). The zero-order chi connectivity index (χ0) is 42.7. The highest BCUT2D eigenvalue weighted by molar-refractivity contribution is 9.11. The van der Waals surface area contributed by atoms with Gasteiger partial charge >= 0.3 is 0 Å². The molecule has 0 saturated carbocycles. The van der Waals surface area contributed by atoms with E-state index in [2.05, 4.69) is 237 Å². The molecule has 2 nitrogen and oxygen atoms in total. The first-order valence-electron chi connectivity index (χ1n) is 20.1. The van der Waals surface area contributed by atoms with Crippen LogP contribution < -0.4 is 10.6 Å². The Labute approximate surface area is 400 Å². The highest BCUT2D eigenvalue weighted by Gasteiger charge is 2.51. The molecule has 2 heterocycles. The Bertz CT molecular complexity index is 2420. The van der Waals surface area contributed by atoms with E-state index in [1.165, 1.54) is 32.9 Å². The Morgan fingerprint density at radius 3 is 0.883 bits per heavy atom. The minimum atomic E-state index is -2.47. The van der Waals surface area contributed by atoms with Crippen molar-refractivity contribution in [2.45, 2.75) is 64.6 Å². The summed E-state index contributed by atoms with van der Waals surface area (Å²) in [7, 11) is 0. The summed E-state index contributed by atoms with van der Waals surface area (Å²) < 4.78 is 18.3. The molecule has 0 bridgehead atoms. The third-order valence-corrected chi connectivity index (χ3v) is 21.8. The molecule has 10 heteroatoms. The van der Waals surface area contributed by atoms with Gasteiger partial charge < -0.3 is 9.05 Å². The van der Waals surface area contributed by atoms with Crippen LogP contribution in [0.2, 0.25) is 0 Å². The van der Waals surface area contributed by atoms with Crippen molar-refractivity contribution in [2.24, 2.45) is 0 Å². The monoisotopic (exact) mass is 1120 g/mol. The fourth-order valence-electron chi connectivity index (χ4n) is 8.35. The SMILES string of the molecule is CCC1(CC)O[P@@](=S)(c2ccccc2)C(c2ccc(Br)cc2)=C1c1ccc(Br)cc1.CCC1(CC)O[P@](=S)(c2ccccc2)C(c2ccc(Br)cc2)=C1c1ccc(Br)cc1. The maximum Gasteiger partial charge on any atom is 0.125 e. The van der Waals surface area contributed by atoms with E-state index in [4.69, 9.17) is 32.7 Å². The Morgan fingerprint density at radius 1 is 0.383 bits per heavy atom. The highest BCUT2D eigenvalue weighted by Crippen LogP contribution is 2.73. The first kappa shape index (κ1) is 45.9. The summed E-state index contributed by atoms with van der Waals surface area (Å²) in [5.74, 6) is 0. The molecule has 0 radical (unpaired) electrons. The van der Waals surface area contributed by atoms with Crippen molar-refractivity contribution in [3.05, 3.63) is 198 Å². The van der Waals surface area contributed by atoms with Gasteiger partial charge in [0.1, 0.15) is 12.5 Å². The predicted molar refractivity (Wildman–Crippen MR) is 280 cm³/mol. The number of halogens is 4. The fraction of sp³-hybridized carbons (Fsp3) is 0.200. The number of hydrogen-bond donors (Lipinski definition) is 0. The summed E-state index contributed by atoms with van der Waals surface area (Å²) in [5, 5.41) is 4.58. The molecule has 2 aliphatic heterocycles. The second kappa shape index (κ2) is 19.4. The zero-order valence-corrected chi connectivity index (χ0v) is 43.6. The third kappa shape index (κ3) is 8.87. The first-order chi connectivity index (χ1) is 28.9. The van der Waals surface area contributed by atoms with E-state index >= 15 is 0 Å². The summed E-state index contributed by atoms with van der Waals surface area (Å²) in [4.78, 5) is 0. The van der Waals surface area contributed by atoms with Gasteiger partial charge in [-0.15, -0.1) is 0 Å².